The molecule has 1 N–H and O–H groups in total. The van der Waals surface area contributed by atoms with Crippen LogP contribution < -0.4 is 5.32 Å². The molecule has 2 aliphatic heterocycles. The number of aliphatic imine (C=N–C) groups is 2. The van der Waals surface area contributed by atoms with Gasteiger partial charge in [0.05, 0.1) is 16.3 Å². The van der Waals surface area contributed by atoms with E-state index in [0.717, 1.165) is 17.4 Å². The Morgan fingerprint density at radius 1 is 1.40 bits per heavy atom. The summed E-state index contributed by atoms with van der Waals surface area (Å²) in [5.74, 6) is -0.239. The molecule has 0 saturated heterocycles. The summed E-state index contributed by atoms with van der Waals surface area (Å²) in [4.78, 5) is 25.7. The van der Waals surface area contributed by atoms with Crippen LogP contribution in [0, 0.1) is 6.92 Å². The van der Waals surface area contributed by atoms with Gasteiger partial charge in [0.15, 0.2) is 5.17 Å². The summed E-state index contributed by atoms with van der Waals surface area (Å²) in [6, 6.07) is 1.00. The van der Waals surface area contributed by atoms with Gasteiger partial charge in [0, 0.05) is 11.9 Å². The van der Waals surface area contributed by atoms with Crippen molar-refractivity contribution in [1.82, 2.24) is 4.98 Å². The van der Waals surface area contributed by atoms with Gasteiger partial charge in [-0.25, -0.2) is 9.98 Å². The van der Waals surface area contributed by atoms with Crippen molar-refractivity contribution in [3.63, 3.8) is 0 Å². The Balaban J connectivity index is 1.95. The average Bonchev–Trinajstić information content (AvgIpc) is 3.08. The quantitative estimate of drug-likeness (QED) is 0.812. The second-order valence-electron chi connectivity index (χ2n) is 5.55. The molecule has 4 rings (SSSR count). The zero-order valence-corrected chi connectivity index (χ0v) is 14.7. The highest BCUT2D eigenvalue weighted by Gasteiger charge is 2.41. The first-order valence-corrected chi connectivity index (χ1v) is 9.11. The third kappa shape index (κ3) is 2.54. The Morgan fingerprint density at radius 3 is 2.84 bits per heavy atom. The van der Waals surface area contributed by atoms with Gasteiger partial charge in [-0.1, -0.05) is 11.8 Å². The first-order chi connectivity index (χ1) is 11.8. The van der Waals surface area contributed by atoms with E-state index in [0.29, 0.717) is 38.9 Å². The Morgan fingerprint density at radius 2 is 2.16 bits per heavy atom. The fraction of sp³-hybridized carbons (Fsp3) is 0.333. The Hall–Kier alpha value is -1.94. The molecule has 0 aromatic carbocycles. The summed E-state index contributed by atoms with van der Waals surface area (Å²) in [5, 5.41) is 3.34. The number of aromatic nitrogens is 1. The maximum atomic E-state index is 13.0. The minimum atomic E-state index is -4.52. The van der Waals surface area contributed by atoms with Gasteiger partial charge in [-0.3, -0.25) is 9.79 Å². The van der Waals surface area contributed by atoms with E-state index >= 15 is 0 Å². The van der Waals surface area contributed by atoms with Gasteiger partial charge in [0.25, 0.3) is 0 Å². The topological polar surface area (TPSA) is 66.7 Å². The molecular formula is C15H11F3N4OS2. The van der Waals surface area contributed by atoms with Crippen molar-refractivity contribution in [2.75, 3.05) is 11.9 Å². The Bertz CT molecular complexity index is 977. The van der Waals surface area contributed by atoms with Gasteiger partial charge in [-0.05, 0) is 25.5 Å². The number of nitrogens with one attached hydrogen (secondary N) is 1. The van der Waals surface area contributed by atoms with Crippen LogP contribution in [0.5, 0.6) is 0 Å². The van der Waals surface area contributed by atoms with Gasteiger partial charge in [0.2, 0.25) is 5.91 Å². The number of hydrogen-bond acceptors (Lipinski definition) is 5. The lowest BCUT2D eigenvalue weighted by Gasteiger charge is -2.19. The molecule has 0 saturated carbocycles. The third-order valence-corrected chi connectivity index (χ3v) is 6.06. The van der Waals surface area contributed by atoms with Crippen LogP contribution in [-0.4, -0.2) is 33.6 Å². The van der Waals surface area contributed by atoms with E-state index in [4.69, 9.17) is 0 Å². The standard InChI is InChI=1S/C15H11F3N4OS2/c1-3-19-14-22-9-10-8(21-12(23)11(9)25-14)7-5(2)4-6(15(16,17)18)20-13(7)24-10/h4,11H,3H2,1-2H3,(H,21,23). The van der Waals surface area contributed by atoms with Crippen LogP contribution in [0.1, 0.15) is 23.1 Å². The van der Waals surface area contributed by atoms with Gasteiger partial charge in [0.1, 0.15) is 15.8 Å². The number of thiophene rings is 1. The van der Waals surface area contributed by atoms with E-state index in [2.05, 4.69) is 20.3 Å². The van der Waals surface area contributed by atoms with Crippen molar-refractivity contribution in [3.05, 3.63) is 22.2 Å². The molecule has 1 atom stereocenters. The number of nitrogens with zero attached hydrogens (tertiary/aromatic N) is 3. The van der Waals surface area contributed by atoms with Crippen LogP contribution in [0.25, 0.3) is 10.2 Å². The maximum Gasteiger partial charge on any atom is 0.433 e. The minimum Gasteiger partial charge on any atom is -0.323 e. The fourth-order valence-corrected chi connectivity index (χ4v) is 5.13. The van der Waals surface area contributed by atoms with Crippen molar-refractivity contribution in [2.24, 2.45) is 9.98 Å². The van der Waals surface area contributed by atoms with Crippen molar-refractivity contribution in [2.45, 2.75) is 25.3 Å². The molecule has 10 heteroatoms. The van der Waals surface area contributed by atoms with Gasteiger partial charge in [-0.15, -0.1) is 11.3 Å². The molecule has 0 radical (unpaired) electrons. The second-order valence-corrected chi connectivity index (χ2v) is 7.62. The Kier molecular flexibility index (Phi) is 3.66. The van der Waals surface area contributed by atoms with E-state index in [1.165, 1.54) is 11.8 Å². The number of carbonyl (C=O) groups excluding carboxylic acids is 1. The lowest BCUT2D eigenvalue weighted by molar-refractivity contribution is -0.141. The summed E-state index contributed by atoms with van der Waals surface area (Å²) in [7, 11) is 0. The summed E-state index contributed by atoms with van der Waals surface area (Å²) in [6.45, 7) is 3.99. The van der Waals surface area contributed by atoms with E-state index < -0.39 is 17.1 Å². The van der Waals surface area contributed by atoms with E-state index in [1.54, 1.807) is 6.92 Å². The molecule has 25 heavy (non-hydrogen) atoms. The lowest BCUT2D eigenvalue weighted by Crippen LogP contribution is -2.35. The number of pyridine rings is 1. The monoisotopic (exact) mass is 384 g/mol. The highest BCUT2D eigenvalue weighted by molar-refractivity contribution is 8.16. The molecule has 1 amide bonds. The molecule has 0 aliphatic carbocycles. The fourth-order valence-electron chi connectivity index (χ4n) is 2.82. The minimum absolute atomic E-state index is 0.239. The summed E-state index contributed by atoms with van der Waals surface area (Å²) in [5.41, 5.74) is 0.529. The SMILES string of the molecule is CCN=C1N=C2c3sc4nc(C(F)(F)F)cc(C)c4c3NC(=O)C2S1. The number of anilines is 1. The predicted molar refractivity (Wildman–Crippen MR) is 93.9 cm³/mol. The smallest absolute Gasteiger partial charge is 0.323 e. The van der Waals surface area contributed by atoms with Crippen LogP contribution in [0.15, 0.2) is 16.1 Å². The largest absolute Gasteiger partial charge is 0.433 e. The van der Waals surface area contributed by atoms with Crippen molar-refractivity contribution in [1.29, 1.82) is 0 Å². The van der Waals surface area contributed by atoms with Crippen molar-refractivity contribution >= 4 is 55.8 Å². The molecule has 1 unspecified atom stereocenters. The van der Waals surface area contributed by atoms with Crippen molar-refractivity contribution in [3.8, 4) is 0 Å². The number of amidine groups is 1. The van der Waals surface area contributed by atoms with Crippen LogP contribution in [0.3, 0.4) is 0 Å². The Labute approximate surface area is 148 Å². The second kappa shape index (κ2) is 5.53. The first kappa shape index (κ1) is 16.5. The van der Waals surface area contributed by atoms with E-state index in [9.17, 15) is 18.0 Å². The molecule has 5 nitrogen and oxygen atoms in total. The third-order valence-electron chi connectivity index (χ3n) is 3.85. The summed E-state index contributed by atoms with van der Waals surface area (Å²) >= 11 is 2.37. The number of rotatable bonds is 1. The highest BCUT2D eigenvalue weighted by atomic mass is 32.2. The number of halogens is 3. The number of carbonyl (C=O) groups is 1. The van der Waals surface area contributed by atoms with Gasteiger partial charge < -0.3 is 5.32 Å². The van der Waals surface area contributed by atoms with Crippen LogP contribution in [-0.2, 0) is 11.0 Å². The molecule has 0 bridgehead atoms. The number of aryl methyl sites for hydroxylation is 1. The highest BCUT2D eigenvalue weighted by Crippen LogP contribution is 2.45. The number of hydrogen-bond donors (Lipinski definition) is 1. The molecule has 0 spiro atoms. The van der Waals surface area contributed by atoms with Crippen molar-refractivity contribution < 1.29 is 18.0 Å². The molecular weight excluding hydrogens is 373 g/mol. The van der Waals surface area contributed by atoms with E-state index in [-0.39, 0.29) is 10.7 Å². The molecule has 2 aromatic rings. The molecule has 4 heterocycles. The number of amides is 1. The zero-order valence-electron chi connectivity index (χ0n) is 13.1. The summed E-state index contributed by atoms with van der Waals surface area (Å²) in [6.07, 6.45) is -4.52. The average molecular weight is 384 g/mol. The molecule has 0 fully saturated rings. The number of thioether (sulfide) groups is 1. The van der Waals surface area contributed by atoms with Gasteiger partial charge in [-0.2, -0.15) is 13.2 Å². The predicted octanol–water partition coefficient (Wildman–Crippen LogP) is 3.86. The molecule has 2 aliphatic rings. The normalized spacial score (nSPS) is 21.3. The van der Waals surface area contributed by atoms with Crippen LogP contribution in [0.4, 0.5) is 18.9 Å². The van der Waals surface area contributed by atoms with Gasteiger partial charge >= 0.3 is 6.18 Å². The zero-order chi connectivity index (χ0) is 17.9. The molecule has 2 aromatic heterocycles. The maximum absolute atomic E-state index is 13.0. The molecule has 130 valence electrons. The van der Waals surface area contributed by atoms with Crippen LogP contribution in [0.2, 0.25) is 0 Å². The number of alkyl halides is 3. The number of fused-ring (bicyclic) bond motifs is 5. The van der Waals surface area contributed by atoms with E-state index in [1.807, 2.05) is 6.92 Å². The first-order valence-electron chi connectivity index (χ1n) is 7.42. The summed E-state index contributed by atoms with van der Waals surface area (Å²) < 4.78 is 39.1. The van der Waals surface area contributed by atoms with Crippen LogP contribution >= 0.6 is 23.1 Å². The lowest BCUT2D eigenvalue weighted by atomic mass is 10.0.